The molecule has 2 aromatic carbocycles. The van der Waals surface area contributed by atoms with Crippen molar-refractivity contribution < 1.29 is 0 Å². The first-order valence-corrected chi connectivity index (χ1v) is 12.8. The van der Waals surface area contributed by atoms with E-state index in [-0.39, 0.29) is 0 Å². The van der Waals surface area contributed by atoms with Gasteiger partial charge < -0.3 is 4.90 Å². The van der Waals surface area contributed by atoms with Crippen LogP contribution in [0.2, 0.25) is 0 Å². The Morgan fingerprint density at radius 3 is 2.66 bits per heavy atom. The smallest absolute Gasteiger partial charge is 0.0976 e. The zero-order valence-corrected chi connectivity index (χ0v) is 20.9. The summed E-state index contributed by atoms with van der Waals surface area (Å²) in [5.41, 5.74) is 10.4. The predicted molar refractivity (Wildman–Crippen MR) is 139 cm³/mol. The number of rotatable bonds is 7. The van der Waals surface area contributed by atoms with Crippen LogP contribution in [0.25, 0.3) is 11.3 Å². The van der Waals surface area contributed by atoms with Crippen molar-refractivity contribution in [1.82, 2.24) is 9.88 Å². The zero-order valence-electron chi connectivity index (χ0n) is 20.1. The second-order valence-corrected chi connectivity index (χ2v) is 10.2. The van der Waals surface area contributed by atoms with Gasteiger partial charge in [0.2, 0.25) is 0 Å². The number of fused-ring (bicyclic) bond motifs is 1. The van der Waals surface area contributed by atoms with Crippen molar-refractivity contribution in [2.75, 3.05) is 13.6 Å². The van der Waals surface area contributed by atoms with Gasteiger partial charge in [-0.1, -0.05) is 32.0 Å². The van der Waals surface area contributed by atoms with Crippen LogP contribution in [-0.4, -0.2) is 29.8 Å². The first kappa shape index (κ1) is 22.7. The minimum Gasteiger partial charge on any atom is -0.366 e. The molecule has 1 heterocycles. The molecule has 0 unspecified atom stereocenters. The number of hydrogen-bond donors (Lipinski definition) is 0. The number of hydrogen-bond acceptors (Lipinski definition) is 3. The summed E-state index contributed by atoms with van der Waals surface area (Å²) in [5.74, 6) is 0.427. The molecule has 0 spiro atoms. The van der Waals surface area contributed by atoms with E-state index >= 15 is 0 Å². The van der Waals surface area contributed by atoms with Gasteiger partial charge in [-0.25, -0.2) is 9.98 Å². The summed E-state index contributed by atoms with van der Waals surface area (Å²) in [7, 11) is 2.06. The molecule has 1 aliphatic carbocycles. The van der Waals surface area contributed by atoms with Crippen molar-refractivity contribution in [2.24, 2.45) is 4.99 Å². The van der Waals surface area contributed by atoms with E-state index < -0.39 is 0 Å². The van der Waals surface area contributed by atoms with E-state index in [1.54, 1.807) is 11.3 Å². The average Bonchev–Trinajstić information content (AvgIpc) is 3.27. The summed E-state index contributed by atoms with van der Waals surface area (Å²) in [6, 6.07) is 11.5. The van der Waals surface area contributed by atoms with Crippen LogP contribution in [0.1, 0.15) is 72.4 Å². The molecule has 1 aromatic heterocycles. The van der Waals surface area contributed by atoms with Crippen LogP contribution >= 0.6 is 11.3 Å². The van der Waals surface area contributed by atoms with Crippen molar-refractivity contribution in [3.63, 3.8) is 0 Å². The molecule has 3 aromatic rings. The average molecular weight is 446 g/mol. The molecule has 3 nitrogen and oxygen atoms in total. The van der Waals surface area contributed by atoms with Crippen LogP contribution in [0, 0.1) is 6.92 Å². The van der Waals surface area contributed by atoms with Gasteiger partial charge in [-0.2, -0.15) is 0 Å². The summed E-state index contributed by atoms with van der Waals surface area (Å²) in [5, 5.41) is 3.40. The maximum absolute atomic E-state index is 5.02. The largest absolute Gasteiger partial charge is 0.366 e. The third-order valence-electron chi connectivity index (χ3n) is 6.54. The first-order valence-electron chi connectivity index (χ1n) is 11.9. The highest BCUT2D eigenvalue weighted by Crippen LogP contribution is 2.33. The van der Waals surface area contributed by atoms with Gasteiger partial charge in [0.05, 0.1) is 22.7 Å². The normalized spacial score (nSPS) is 13.7. The van der Waals surface area contributed by atoms with Crippen molar-refractivity contribution in [1.29, 1.82) is 0 Å². The highest BCUT2D eigenvalue weighted by atomic mass is 32.1. The van der Waals surface area contributed by atoms with E-state index in [0.29, 0.717) is 5.92 Å². The van der Waals surface area contributed by atoms with Crippen molar-refractivity contribution in [3.8, 4) is 11.3 Å². The third kappa shape index (κ3) is 5.12. The van der Waals surface area contributed by atoms with Gasteiger partial charge in [-0.15, -0.1) is 11.3 Å². The molecule has 0 fully saturated rings. The predicted octanol–water partition coefficient (Wildman–Crippen LogP) is 7.32. The molecule has 0 aliphatic heterocycles. The zero-order chi connectivity index (χ0) is 22.7. The SMILES string of the molecule is CCN(C)/C=N/c1cc(C)c(Cc2nc(-c3ccc4c(c3)CCCC4)cs2)cc1C(C)C. The minimum atomic E-state index is 0.427. The van der Waals surface area contributed by atoms with Crippen LogP contribution in [0.5, 0.6) is 0 Å². The minimum absolute atomic E-state index is 0.427. The van der Waals surface area contributed by atoms with E-state index in [2.05, 4.69) is 75.4 Å². The fourth-order valence-corrected chi connectivity index (χ4v) is 5.17. The highest BCUT2D eigenvalue weighted by Gasteiger charge is 2.14. The topological polar surface area (TPSA) is 28.5 Å². The lowest BCUT2D eigenvalue weighted by Gasteiger charge is -2.16. The summed E-state index contributed by atoms with van der Waals surface area (Å²) in [4.78, 5) is 11.9. The van der Waals surface area contributed by atoms with Crippen LogP contribution in [0.3, 0.4) is 0 Å². The molecule has 0 saturated carbocycles. The number of thiazole rings is 1. The van der Waals surface area contributed by atoms with Crippen LogP contribution in [0.4, 0.5) is 5.69 Å². The standard InChI is InChI=1S/C28H35N3S/c1-6-31(5)18-29-26-13-20(4)24(15-25(26)19(2)3)16-28-30-27(17-32-28)23-12-11-21-9-7-8-10-22(21)14-23/h11-15,17-19H,6-10,16H2,1-5H3/b29-18+. The fraction of sp³-hybridized carbons (Fsp3) is 0.429. The third-order valence-corrected chi connectivity index (χ3v) is 7.39. The molecule has 32 heavy (non-hydrogen) atoms. The summed E-state index contributed by atoms with van der Waals surface area (Å²) >= 11 is 1.77. The lowest BCUT2D eigenvalue weighted by molar-refractivity contribution is 0.552. The number of aromatic nitrogens is 1. The molecule has 168 valence electrons. The Kier molecular flexibility index (Phi) is 7.10. The number of nitrogens with zero attached hydrogens (tertiary/aromatic N) is 3. The van der Waals surface area contributed by atoms with Gasteiger partial charge in [0.1, 0.15) is 0 Å². The van der Waals surface area contributed by atoms with E-state index in [4.69, 9.17) is 9.98 Å². The fourth-order valence-electron chi connectivity index (χ4n) is 4.34. The van der Waals surface area contributed by atoms with Crippen molar-refractivity contribution in [3.05, 3.63) is 68.5 Å². The van der Waals surface area contributed by atoms with Crippen molar-refractivity contribution >= 4 is 23.4 Å². The quantitative estimate of drug-likeness (QED) is 0.281. The second kappa shape index (κ2) is 9.99. The second-order valence-electron chi connectivity index (χ2n) is 9.30. The van der Waals surface area contributed by atoms with Gasteiger partial charge >= 0.3 is 0 Å². The molecule has 0 bridgehead atoms. The molecule has 1 aliphatic rings. The van der Waals surface area contributed by atoms with Crippen LogP contribution < -0.4 is 0 Å². The maximum Gasteiger partial charge on any atom is 0.0976 e. The van der Waals surface area contributed by atoms with E-state index in [1.807, 2.05) is 6.34 Å². The molecule has 4 heteroatoms. The molecule has 4 rings (SSSR count). The van der Waals surface area contributed by atoms with E-state index in [9.17, 15) is 0 Å². The van der Waals surface area contributed by atoms with Gasteiger partial charge in [-0.05, 0) is 85.4 Å². The molecule has 0 N–H and O–H groups in total. The lowest BCUT2D eigenvalue weighted by atomic mass is 9.90. The maximum atomic E-state index is 5.02. The Balaban J connectivity index is 1.57. The van der Waals surface area contributed by atoms with Gasteiger partial charge in [0.15, 0.2) is 0 Å². The Bertz CT molecular complexity index is 1110. The van der Waals surface area contributed by atoms with Gasteiger partial charge in [0.25, 0.3) is 0 Å². The summed E-state index contributed by atoms with van der Waals surface area (Å²) in [6.45, 7) is 9.77. The Morgan fingerprint density at radius 1 is 1.12 bits per heavy atom. The number of aryl methyl sites for hydroxylation is 3. The van der Waals surface area contributed by atoms with E-state index in [0.717, 1.165) is 24.3 Å². The van der Waals surface area contributed by atoms with E-state index in [1.165, 1.54) is 64.1 Å². The molecule has 0 amide bonds. The monoisotopic (exact) mass is 445 g/mol. The summed E-state index contributed by atoms with van der Waals surface area (Å²) < 4.78 is 0. The Hall–Kier alpha value is -2.46. The van der Waals surface area contributed by atoms with Crippen LogP contribution in [0.15, 0.2) is 40.7 Å². The van der Waals surface area contributed by atoms with Gasteiger partial charge in [0, 0.05) is 31.0 Å². The Morgan fingerprint density at radius 2 is 1.91 bits per heavy atom. The molecule has 0 saturated heterocycles. The summed E-state index contributed by atoms with van der Waals surface area (Å²) in [6.07, 6.45) is 7.88. The molecule has 0 radical (unpaired) electrons. The molecule has 0 atom stereocenters. The first-order chi connectivity index (χ1) is 15.4. The Labute approximate surface area is 197 Å². The molecular formula is C28H35N3S. The number of benzene rings is 2. The molecular weight excluding hydrogens is 410 g/mol. The van der Waals surface area contributed by atoms with Crippen molar-refractivity contribution in [2.45, 2.75) is 65.7 Å². The highest BCUT2D eigenvalue weighted by molar-refractivity contribution is 7.10. The lowest BCUT2D eigenvalue weighted by Crippen LogP contribution is -2.14. The van der Waals surface area contributed by atoms with Gasteiger partial charge in [-0.3, -0.25) is 0 Å². The number of aliphatic imine (C=N–C) groups is 1. The van der Waals surface area contributed by atoms with Crippen LogP contribution in [-0.2, 0) is 19.3 Å².